The summed E-state index contributed by atoms with van der Waals surface area (Å²) in [6.07, 6.45) is 3.22. The number of carbonyl (C=O) groups excluding carboxylic acids is 1. The largest absolute Gasteiger partial charge is 0.379 e. The first-order valence-electron chi connectivity index (χ1n) is 9.49. The van der Waals surface area contributed by atoms with Gasteiger partial charge in [-0.2, -0.15) is 4.31 Å². The van der Waals surface area contributed by atoms with Crippen LogP contribution in [-0.2, 0) is 14.8 Å². The Balaban J connectivity index is 1.81. The number of ether oxygens (including phenoxy) is 1. The van der Waals surface area contributed by atoms with E-state index in [1.807, 2.05) is 0 Å². The number of nitrogens with one attached hydrogen (secondary N) is 1. The third kappa shape index (κ3) is 4.47. The first-order valence-corrected chi connectivity index (χ1v) is 11.3. The summed E-state index contributed by atoms with van der Waals surface area (Å²) >= 11 is 6.17. The van der Waals surface area contributed by atoms with Crippen molar-refractivity contribution in [2.24, 2.45) is 11.8 Å². The zero-order chi connectivity index (χ0) is 19.6. The van der Waals surface area contributed by atoms with Crippen LogP contribution in [-0.4, -0.2) is 51.0 Å². The first-order chi connectivity index (χ1) is 12.8. The molecule has 3 rings (SSSR count). The van der Waals surface area contributed by atoms with Gasteiger partial charge < -0.3 is 10.1 Å². The number of carbonyl (C=O) groups is 1. The molecule has 1 aliphatic carbocycles. The van der Waals surface area contributed by atoms with Gasteiger partial charge in [0, 0.05) is 24.7 Å². The number of morpholine rings is 1. The summed E-state index contributed by atoms with van der Waals surface area (Å²) in [7, 11) is -3.76. The van der Waals surface area contributed by atoms with Crippen molar-refractivity contribution in [3.05, 3.63) is 28.8 Å². The lowest BCUT2D eigenvalue weighted by Crippen LogP contribution is -2.43. The molecule has 2 aliphatic rings. The predicted octanol–water partition coefficient (Wildman–Crippen LogP) is 2.92. The second-order valence-electron chi connectivity index (χ2n) is 7.51. The summed E-state index contributed by atoms with van der Waals surface area (Å²) in [4.78, 5) is 12.7. The van der Waals surface area contributed by atoms with Crippen LogP contribution in [0.4, 0.5) is 0 Å². The first kappa shape index (κ1) is 20.6. The fourth-order valence-electron chi connectivity index (χ4n) is 3.81. The molecule has 0 aromatic heterocycles. The van der Waals surface area contributed by atoms with Crippen molar-refractivity contribution < 1.29 is 17.9 Å². The Morgan fingerprint density at radius 1 is 1.22 bits per heavy atom. The van der Waals surface area contributed by atoms with Crippen molar-refractivity contribution >= 4 is 27.5 Å². The SMILES string of the molecule is C[C@@H]1[C@H](C)CCC[C@H]1NC(=O)c1ccc(Cl)c(S(=O)(=O)N2CCOCC2)c1. The molecular formula is C19H27ClN2O4S. The lowest BCUT2D eigenvalue weighted by Gasteiger charge is -2.34. The van der Waals surface area contributed by atoms with Crippen LogP contribution in [0.25, 0.3) is 0 Å². The van der Waals surface area contributed by atoms with Crippen LogP contribution in [0.15, 0.2) is 23.1 Å². The number of amides is 1. The quantitative estimate of drug-likeness (QED) is 0.821. The zero-order valence-corrected chi connectivity index (χ0v) is 17.4. The molecule has 1 amide bonds. The molecular weight excluding hydrogens is 388 g/mol. The molecule has 1 aromatic carbocycles. The molecule has 6 nitrogen and oxygen atoms in total. The molecule has 2 fully saturated rings. The van der Waals surface area contributed by atoms with Crippen molar-refractivity contribution in [2.75, 3.05) is 26.3 Å². The van der Waals surface area contributed by atoms with E-state index in [4.69, 9.17) is 16.3 Å². The maximum atomic E-state index is 12.9. The maximum absolute atomic E-state index is 12.9. The topological polar surface area (TPSA) is 75.7 Å². The van der Waals surface area contributed by atoms with Crippen LogP contribution >= 0.6 is 11.6 Å². The van der Waals surface area contributed by atoms with Gasteiger partial charge in [-0.1, -0.05) is 38.3 Å². The van der Waals surface area contributed by atoms with Crippen LogP contribution in [0.1, 0.15) is 43.5 Å². The molecule has 1 aromatic rings. The summed E-state index contributed by atoms with van der Waals surface area (Å²) < 4.78 is 32.4. The smallest absolute Gasteiger partial charge is 0.251 e. The van der Waals surface area contributed by atoms with Gasteiger partial charge in [0.15, 0.2) is 0 Å². The molecule has 1 saturated heterocycles. The Kier molecular flexibility index (Phi) is 6.46. The van der Waals surface area contributed by atoms with Gasteiger partial charge in [0.05, 0.1) is 18.2 Å². The number of halogens is 1. The maximum Gasteiger partial charge on any atom is 0.251 e. The summed E-state index contributed by atoms with van der Waals surface area (Å²) in [5.74, 6) is 0.703. The van der Waals surface area contributed by atoms with Crippen LogP contribution in [0.3, 0.4) is 0 Å². The van der Waals surface area contributed by atoms with Crippen molar-refractivity contribution in [2.45, 2.75) is 44.0 Å². The number of benzene rings is 1. The van der Waals surface area contributed by atoms with Crippen LogP contribution in [0, 0.1) is 11.8 Å². The molecule has 3 atom stereocenters. The molecule has 1 heterocycles. The van der Waals surface area contributed by atoms with E-state index >= 15 is 0 Å². The number of nitrogens with zero attached hydrogens (tertiary/aromatic N) is 1. The van der Waals surface area contributed by atoms with Crippen molar-refractivity contribution in [1.29, 1.82) is 0 Å². The third-order valence-corrected chi connectivity index (χ3v) is 8.18. The van der Waals surface area contributed by atoms with Gasteiger partial charge in [-0.3, -0.25) is 4.79 Å². The molecule has 1 N–H and O–H groups in total. The normalized spacial score (nSPS) is 27.3. The number of hydrogen-bond acceptors (Lipinski definition) is 4. The van der Waals surface area contributed by atoms with E-state index < -0.39 is 10.0 Å². The Morgan fingerprint density at radius 3 is 2.63 bits per heavy atom. The molecule has 0 bridgehead atoms. The van der Waals surface area contributed by atoms with E-state index in [-0.39, 0.29) is 35.0 Å². The molecule has 0 unspecified atom stereocenters. The van der Waals surface area contributed by atoms with E-state index in [9.17, 15) is 13.2 Å². The fraction of sp³-hybridized carbons (Fsp3) is 0.632. The molecule has 0 spiro atoms. The highest BCUT2D eigenvalue weighted by molar-refractivity contribution is 7.89. The Bertz CT molecular complexity index is 793. The second kappa shape index (κ2) is 8.47. The minimum absolute atomic E-state index is 0.0243. The number of hydrogen-bond donors (Lipinski definition) is 1. The highest BCUT2D eigenvalue weighted by Gasteiger charge is 2.31. The molecule has 150 valence electrons. The molecule has 0 radical (unpaired) electrons. The summed E-state index contributed by atoms with van der Waals surface area (Å²) in [5, 5.41) is 3.21. The van der Waals surface area contributed by atoms with Gasteiger partial charge >= 0.3 is 0 Å². The summed E-state index contributed by atoms with van der Waals surface area (Å²) in [6, 6.07) is 4.56. The molecule has 27 heavy (non-hydrogen) atoms. The third-order valence-electron chi connectivity index (χ3n) is 5.80. The summed E-state index contributed by atoms with van der Waals surface area (Å²) in [6.45, 7) is 5.64. The Morgan fingerprint density at radius 2 is 1.93 bits per heavy atom. The van der Waals surface area contributed by atoms with E-state index in [0.717, 1.165) is 12.8 Å². The van der Waals surface area contributed by atoms with Gasteiger partial charge in [0.25, 0.3) is 5.91 Å². The number of sulfonamides is 1. The second-order valence-corrected chi connectivity index (χ2v) is 9.82. The number of rotatable bonds is 4. The monoisotopic (exact) mass is 414 g/mol. The Labute approximate surface area is 166 Å². The highest BCUT2D eigenvalue weighted by atomic mass is 35.5. The van der Waals surface area contributed by atoms with Gasteiger partial charge in [0.2, 0.25) is 10.0 Å². The van der Waals surface area contributed by atoms with Gasteiger partial charge in [0.1, 0.15) is 4.90 Å². The van der Waals surface area contributed by atoms with Crippen LogP contribution in [0.5, 0.6) is 0 Å². The predicted molar refractivity (Wildman–Crippen MR) is 104 cm³/mol. The summed E-state index contributed by atoms with van der Waals surface area (Å²) in [5.41, 5.74) is 0.316. The standard InChI is InChI=1S/C19H27ClN2O4S/c1-13-4-3-5-17(14(13)2)21-19(23)15-6-7-16(20)18(12-15)27(24,25)22-8-10-26-11-9-22/h6-7,12-14,17H,3-5,8-11H2,1-2H3,(H,21,23)/t13-,14-,17-/m1/s1. The minimum atomic E-state index is -3.76. The van der Waals surface area contributed by atoms with Crippen LogP contribution in [0.2, 0.25) is 5.02 Å². The lowest BCUT2D eigenvalue weighted by atomic mass is 9.78. The van der Waals surface area contributed by atoms with Crippen molar-refractivity contribution in [1.82, 2.24) is 9.62 Å². The van der Waals surface area contributed by atoms with Crippen molar-refractivity contribution in [3.63, 3.8) is 0 Å². The molecule has 8 heteroatoms. The lowest BCUT2D eigenvalue weighted by molar-refractivity contribution is 0.0730. The van der Waals surface area contributed by atoms with E-state index in [0.29, 0.717) is 30.6 Å². The highest BCUT2D eigenvalue weighted by Crippen LogP contribution is 2.30. The van der Waals surface area contributed by atoms with Gasteiger partial charge in [-0.05, 0) is 36.5 Å². The van der Waals surface area contributed by atoms with Crippen LogP contribution < -0.4 is 5.32 Å². The minimum Gasteiger partial charge on any atom is -0.379 e. The van der Waals surface area contributed by atoms with Gasteiger partial charge in [-0.15, -0.1) is 0 Å². The van der Waals surface area contributed by atoms with E-state index in [1.54, 1.807) is 6.07 Å². The Hall–Kier alpha value is -1.15. The van der Waals surface area contributed by atoms with E-state index in [1.165, 1.54) is 22.9 Å². The van der Waals surface area contributed by atoms with Gasteiger partial charge in [-0.25, -0.2) is 8.42 Å². The molecule has 1 saturated carbocycles. The fourth-order valence-corrected chi connectivity index (χ4v) is 5.71. The zero-order valence-electron chi connectivity index (χ0n) is 15.8. The average Bonchev–Trinajstić information content (AvgIpc) is 2.66. The molecule has 1 aliphatic heterocycles. The van der Waals surface area contributed by atoms with Crippen molar-refractivity contribution in [3.8, 4) is 0 Å². The van der Waals surface area contributed by atoms with E-state index in [2.05, 4.69) is 19.2 Å². The average molecular weight is 415 g/mol.